The van der Waals surface area contributed by atoms with Gasteiger partial charge >= 0.3 is 0 Å². The molecule has 1 aliphatic heterocycles. The molecule has 2 N–H and O–H groups in total. The molecule has 1 amide bonds. The Morgan fingerprint density at radius 3 is 2.60 bits per heavy atom. The molecule has 10 heteroatoms. The number of benzene rings is 2. The van der Waals surface area contributed by atoms with Gasteiger partial charge in [-0.15, -0.1) is 0 Å². The summed E-state index contributed by atoms with van der Waals surface area (Å²) in [7, 11) is -3.79. The summed E-state index contributed by atoms with van der Waals surface area (Å²) < 4.78 is 33.3. The maximum atomic E-state index is 12.7. The van der Waals surface area contributed by atoms with Crippen LogP contribution < -0.4 is 14.8 Å². The number of nitrogens with one attached hydrogen (secondary N) is 2. The van der Waals surface area contributed by atoms with Crippen LogP contribution in [0.3, 0.4) is 0 Å². The van der Waals surface area contributed by atoms with Crippen LogP contribution >= 0.6 is 23.2 Å². The fraction of sp³-hybridized carbons (Fsp3) is 0.300. The van der Waals surface area contributed by atoms with Gasteiger partial charge in [0, 0.05) is 28.7 Å². The largest absolute Gasteiger partial charge is 0.484 e. The van der Waals surface area contributed by atoms with E-state index in [1.54, 1.807) is 18.2 Å². The van der Waals surface area contributed by atoms with Crippen LogP contribution in [0.2, 0.25) is 10.0 Å². The highest BCUT2D eigenvalue weighted by Gasteiger charge is 2.18. The topological polar surface area (TPSA) is 96.9 Å². The molecule has 3 rings (SSSR count). The first-order chi connectivity index (χ1) is 14.3. The molecular formula is C20H21Cl2N3O4S. The quantitative estimate of drug-likeness (QED) is 0.659. The number of carbonyl (C=O) groups is 1. The average Bonchev–Trinajstić information content (AvgIpc) is 2.94. The van der Waals surface area contributed by atoms with E-state index >= 15 is 0 Å². The van der Waals surface area contributed by atoms with E-state index in [1.807, 2.05) is 0 Å². The van der Waals surface area contributed by atoms with Gasteiger partial charge in [0.1, 0.15) is 11.6 Å². The van der Waals surface area contributed by atoms with Gasteiger partial charge in [-0.2, -0.15) is 0 Å². The number of hydrogen-bond donors (Lipinski definition) is 2. The third-order valence-corrected chi connectivity index (χ3v) is 6.08. The first kappa shape index (κ1) is 22.4. The molecule has 0 bridgehead atoms. The molecule has 0 radical (unpaired) electrons. The maximum absolute atomic E-state index is 12.7. The molecule has 0 atom stereocenters. The summed E-state index contributed by atoms with van der Waals surface area (Å²) in [4.78, 5) is 16.5. The molecule has 2 aromatic carbocycles. The standard InChI is InChI=1S/C20H21Cl2N3O4S/c21-14-9-15(22)11-17(10-14)29-13-20(26)24-16-5-4-6-18(12-16)30(27,28)25-19-7-2-1-3-8-23-19/h4-6,9-12H,1-3,7-8,13H2,(H,23,25)(H,24,26). The average molecular weight is 470 g/mol. The van der Waals surface area contributed by atoms with Crippen molar-refractivity contribution in [2.24, 2.45) is 4.99 Å². The molecule has 30 heavy (non-hydrogen) atoms. The fourth-order valence-electron chi connectivity index (χ4n) is 2.87. The number of amidine groups is 1. The lowest BCUT2D eigenvalue weighted by molar-refractivity contribution is -0.118. The number of carbonyl (C=O) groups excluding carboxylic acids is 1. The van der Waals surface area contributed by atoms with Crippen molar-refractivity contribution in [2.45, 2.75) is 30.6 Å². The molecule has 0 aliphatic carbocycles. The second-order valence-corrected chi connectivity index (χ2v) is 9.27. The van der Waals surface area contributed by atoms with Gasteiger partial charge in [0.2, 0.25) is 0 Å². The van der Waals surface area contributed by atoms with Gasteiger partial charge < -0.3 is 10.1 Å². The number of sulfonamides is 1. The fourth-order valence-corrected chi connectivity index (χ4v) is 4.51. The molecule has 1 heterocycles. The van der Waals surface area contributed by atoms with E-state index in [2.05, 4.69) is 15.0 Å². The number of nitrogens with zero attached hydrogens (tertiary/aromatic N) is 1. The van der Waals surface area contributed by atoms with Crippen LogP contribution in [0, 0.1) is 0 Å². The van der Waals surface area contributed by atoms with Crippen molar-refractivity contribution in [2.75, 3.05) is 18.5 Å². The van der Waals surface area contributed by atoms with Crippen molar-refractivity contribution < 1.29 is 17.9 Å². The van der Waals surface area contributed by atoms with Crippen molar-refractivity contribution in [3.8, 4) is 5.75 Å². The van der Waals surface area contributed by atoms with Gasteiger partial charge in [0.15, 0.2) is 6.61 Å². The third-order valence-electron chi connectivity index (χ3n) is 4.26. The monoisotopic (exact) mass is 469 g/mol. The molecule has 2 aromatic rings. The SMILES string of the molecule is O=C(COc1cc(Cl)cc(Cl)c1)Nc1cccc(S(=O)(=O)NC2=NCCCCC2)c1. The van der Waals surface area contributed by atoms with Crippen molar-refractivity contribution in [3.05, 3.63) is 52.5 Å². The smallest absolute Gasteiger partial charge is 0.262 e. The Hall–Kier alpha value is -2.29. The Morgan fingerprint density at radius 1 is 1.07 bits per heavy atom. The number of halogens is 2. The summed E-state index contributed by atoms with van der Waals surface area (Å²) in [5.74, 6) is 0.365. The first-order valence-electron chi connectivity index (χ1n) is 9.37. The highest BCUT2D eigenvalue weighted by molar-refractivity contribution is 7.90. The molecule has 7 nitrogen and oxygen atoms in total. The van der Waals surface area contributed by atoms with Crippen LogP contribution in [0.25, 0.3) is 0 Å². The van der Waals surface area contributed by atoms with Crippen LogP contribution in [0.4, 0.5) is 5.69 Å². The van der Waals surface area contributed by atoms with Crippen LogP contribution in [0.1, 0.15) is 25.7 Å². The van der Waals surface area contributed by atoms with Gasteiger partial charge in [0.25, 0.3) is 15.9 Å². The lowest BCUT2D eigenvalue weighted by Crippen LogP contribution is -2.30. The van der Waals surface area contributed by atoms with E-state index in [1.165, 1.54) is 24.3 Å². The normalized spacial score (nSPS) is 14.4. The van der Waals surface area contributed by atoms with Gasteiger partial charge in [-0.3, -0.25) is 14.5 Å². The Kier molecular flexibility index (Phi) is 7.58. The Morgan fingerprint density at radius 2 is 1.83 bits per heavy atom. The second-order valence-electron chi connectivity index (χ2n) is 6.71. The number of aliphatic imine (C=N–C) groups is 1. The molecular weight excluding hydrogens is 449 g/mol. The van der Waals surface area contributed by atoms with Crippen LogP contribution in [0.5, 0.6) is 5.75 Å². The zero-order valence-corrected chi connectivity index (χ0v) is 18.4. The number of amides is 1. The number of ether oxygens (including phenoxy) is 1. The van der Waals surface area contributed by atoms with E-state index in [9.17, 15) is 13.2 Å². The van der Waals surface area contributed by atoms with Crippen molar-refractivity contribution in [1.29, 1.82) is 0 Å². The van der Waals surface area contributed by atoms with Crippen LogP contribution in [-0.2, 0) is 14.8 Å². The van der Waals surface area contributed by atoms with Gasteiger partial charge in [-0.05, 0) is 49.2 Å². The molecule has 0 fully saturated rings. The Bertz CT molecular complexity index is 1040. The molecule has 0 aromatic heterocycles. The highest BCUT2D eigenvalue weighted by atomic mass is 35.5. The van der Waals surface area contributed by atoms with Gasteiger partial charge in [-0.1, -0.05) is 35.7 Å². The van der Waals surface area contributed by atoms with E-state index in [-0.39, 0.29) is 11.5 Å². The summed E-state index contributed by atoms with van der Waals surface area (Å²) in [6.07, 6.45) is 3.48. The number of anilines is 1. The lowest BCUT2D eigenvalue weighted by Gasteiger charge is -2.12. The Balaban J connectivity index is 1.62. The molecule has 0 saturated heterocycles. The Labute approximate surface area is 185 Å². The van der Waals surface area contributed by atoms with E-state index in [4.69, 9.17) is 27.9 Å². The van der Waals surface area contributed by atoms with E-state index in [0.717, 1.165) is 19.3 Å². The van der Waals surface area contributed by atoms with Crippen LogP contribution in [0.15, 0.2) is 52.4 Å². The molecule has 0 unspecified atom stereocenters. The predicted octanol–water partition coefficient (Wildman–Crippen LogP) is 4.26. The number of rotatable bonds is 6. The molecule has 0 spiro atoms. The maximum Gasteiger partial charge on any atom is 0.262 e. The third kappa shape index (κ3) is 6.62. The van der Waals surface area contributed by atoms with E-state index in [0.29, 0.717) is 40.3 Å². The minimum absolute atomic E-state index is 0.0368. The summed E-state index contributed by atoms with van der Waals surface area (Å²) in [6, 6.07) is 10.6. The molecule has 1 aliphatic rings. The molecule has 160 valence electrons. The lowest BCUT2D eigenvalue weighted by atomic mass is 10.2. The second kappa shape index (κ2) is 10.1. The predicted molar refractivity (Wildman–Crippen MR) is 118 cm³/mol. The van der Waals surface area contributed by atoms with E-state index < -0.39 is 15.9 Å². The summed E-state index contributed by atoms with van der Waals surface area (Å²) in [5, 5.41) is 3.40. The summed E-state index contributed by atoms with van der Waals surface area (Å²) >= 11 is 11.8. The molecule has 0 saturated carbocycles. The van der Waals surface area contributed by atoms with Crippen molar-refractivity contribution in [1.82, 2.24) is 4.72 Å². The summed E-state index contributed by atoms with van der Waals surface area (Å²) in [6.45, 7) is 0.328. The van der Waals surface area contributed by atoms with Crippen molar-refractivity contribution in [3.63, 3.8) is 0 Å². The zero-order valence-electron chi connectivity index (χ0n) is 16.0. The first-order valence-corrected chi connectivity index (χ1v) is 11.6. The van der Waals surface area contributed by atoms with Gasteiger partial charge in [-0.25, -0.2) is 8.42 Å². The van der Waals surface area contributed by atoms with Gasteiger partial charge in [0.05, 0.1) is 4.90 Å². The number of hydrogen-bond acceptors (Lipinski definition) is 5. The summed E-state index contributed by atoms with van der Waals surface area (Å²) in [5.41, 5.74) is 0.332. The van der Waals surface area contributed by atoms with Crippen molar-refractivity contribution >= 4 is 50.7 Å². The zero-order chi connectivity index (χ0) is 21.6. The minimum atomic E-state index is -3.79. The highest BCUT2D eigenvalue weighted by Crippen LogP contribution is 2.24. The minimum Gasteiger partial charge on any atom is -0.484 e. The van der Waals surface area contributed by atoms with Crippen LogP contribution in [-0.4, -0.2) is 33.3 Å².